The zero-order valence-electron chi connectivity index (χ0n) is 16.6. The van der Waals surface area contributed by atoms with Gasteiger partial charge in [0.15, 0.2) is 5.82 Å². The van der Waals surface area contributed by atoms with Gasteiger partial charge < -0.3 is 10.5 Å². The van der Waals surface area contributed by atoms with Crippen molar-refractivity contribution in [2.75, 3.05) is 12.8 Å². The van der Waals surface area contributed by atoms with Crippen molar-refractivity contribution < 1.29 is 22.5 Å². The minimum absolute atomic E-state index is 0.257. The second-order valence-corrected chi connectivity index (χ2v) is 6.94. The highest BCUT2D eigenvalue weighted by atomic mass is 19.3. The highest BCUT2D eigenvalue weighted by Gasteiger charge is 2.44. The molecule has 0 unspecified atom stereocenters. The highest BCUT2D eigenvalue weighted by Crippen LogP contribution is 2.32. The van der Waals surface area contributed by atoms with E-state index < -0.39 is 29.0 Å². The van der Waals surface area contributed by atoms with Gasteiger partial charge in [0, 0.05) is 35.3 Å². The number of fused-ring (bicyclic) bond motifs is 1. The van der Waals surface area contributed by atoms with Crippen molar-refractivity contribution in [1.29, 1.82) is 5.41 Å². The molecule has 3 aromatic heterocycles. The molecule has 7 nitrogen and oxygen atoms in total. The molecule has 3 N–H and O–H groups in total. The van der Waals surface area contributed by atoms with Crippen LogP contribution in [0.2, 0.25) is 0 Å². The van der Waals surface area contributed by atoms with E-state index in [0.29, 0.717) is 26.8 Å². The Hall–Kier alpha value is -3.95. The number of halogens is 3. The number of aryl methyl sites for hydroxylation is 1. The molecule has 0 saturated carbocycles. The molecule has 0 radical (unpaired) electrons. The number of anilines is 1. The topological polar surface area (TPSA) is 93.7 Å². The molecule has 0 saturated heterocycles. The van der Waals surface area contributed by atoms with Gasteiger partial charge in [-0.25, -0.2) is 0 Å². The molecule has 3 heterocycles. The van der Waals surface area contributed by atoms with E-state index in [-0.39, 0.29) is 5.56 Å². The number of nitrogens with one attached hydrogen (secondary N) is 1. The third-order valence-corrected chi connectivity index (χ3v) is 4.89. The zero-order chi connectivity index (χ0) is 22.3. The Bertz CT molecular complexity index is 1320. The van der Waals surface area contributed by atoms with Gasteiger partial charge in [-0.05, 0) is 24.3 Å². The van der Waals surface area contributed by atoms with Crippen LogP contribution >= 0.6 is 0 Å². The van der Waals surface area contributed by atoms with E-state index in [4.69, 9.17) is 15.9 Å². The van der Waals surface area contributed by atoms with E-state index in [1.165, 1.54) is 48.6 Å². The molecule has 1 aromatic carbocycles. The van der Waals surface area contributed by atoms with Gasteiger partial charge in [-0.1, -0.05) is 6.07 Å². The second-order valence-electron chi connectivity index (χ2n) is 6.94. The molecule has 4 aromatic rings. The third kappa shape index (κ3) is 3.56. The summed E-state index contributed by atoms with van der Waals surface area (Å²) in [7, 11) is 3.12. The number of benzene rings is 1. The van der Waals surface area contributed by atoms with Crippen molar-refractivity contribution in [2.45, 2.75) is 5.92 Å². The lowest BCUT2D eigenvalue weighted by Gasteiger charge is -2.17. The summed E-state index contributed by atoms with van der Waals surface area (Å²) in [4.78, 5) is 4.14. The average Bonchev–Trinajstić information content (AvgIpc) is 3.20. The molecule has 0 fully saturated rings. The maximum atomic E-state index is 15.3. The fourth-order valence-corrected chi connectivity index (χ4v) is 3.19. The first-order valence-electron chi connectivity index (χ1n) is 9.12. The quantitative estimate of drug-likeness (QED) is 0.297. The smallest absolute Gasteiger partial charge is 0.359 e. The largest absolute Gasteiger partial charge is 0.495 e. The van der Waals surface area contributed by atoms with Gasteiger partial charge in [-0.3, -0.25) is 9.67 Å². The number of methoxy groups -OCH3 is 1. The lowest BCUT2D eigenvalue weighted by molar-refractivity contribution is -0.552. The molecule has 0 bridgehead atoms. The molecule has 31 heavy (non-hydrogen) atoms. The molecule has 0 atom stereocenters. The molecule has 158 valence electrons. The molecular weight excluding hydrogens is 409 g/mol. The van der Waals surface area contributed by atoms with Crippen molar-refractivity contribution in [3.05, 3.63) is 66.5 Å². The van der Waals surface area contributed by atoms with Crippen molar-refractivity contribution in [3.63, 3.8) is 0 Å². The Balaban J connectivity index is 1.79. The van der Waals surface area contributed by atoms with E-state index in [1.807, 2.05) is 0 Å². The van der Waals surface area contributed by atoms with Crippen LogP contribution in [-0.4, -0.2) is 27.7 Å². The van der Waals surface area contributed by atoms with Crippen LogP contribution < -0.4 is 15.0 Å². The van der Waals surface area contributed by atoms with Crippen molar-refractivity contribution in [3.8, 4) is 16.9 Å². The average molecular weight is 427 g/mol. The number of nitrogens with two attached hydrogens (primary N) is 1. The summed E-state index contributed by atoms with van der Waals surface area (Å²) in [6.45, 7) is 0. The number of alkyl halides is 2. The predicted molar refractivity (Wildman–Crippen MR) is 109 cm³/mol. The molecule has 0 aliphatic heterocycles. The SMILES string of the molecule is COc1cnc2ccc(C(F)(F)C(=N)[n+]3cc(-c4cnn(C)c4)cc(F)c3N)cc2c1. The Morgan fingerprint density at radius 3 is 2.65 bits per heavy atom. The Morgan fingerprint density at radius 2 is 1.97 bits per heavy atom. The molecular formula is C21H18F3N6O+. The summed E-state index contributed by atoms with van der Waals surface area (Å²) in [5.74, 6) is -6.07. The number of aromatic nitrogens is 4. The Morgan fingerprint density at radius 1 is 1.19 bits per heavy atom. The Kier molecular flexibility index (Phi) is 4.84. The van der Waals surface area contributed by atoms with E-state index in [9.17, 15) is 4.39 Å². The van der Waals surface area contributed by atoms with Crippen LogP contribution in [0.25, 0.3) is 22.0 Å². The van der Waals surface area contributed by atoms with Gasteiger partial charge in [0.1, 0.15) is 5.75 Å². The first-order chi connectivity index (χ1) is 14.7. The fourth-order valence-electron chi connectivity index (χ4n) is 3.19. The van der Waals surface area contributed by atoms with Crippen LogP contribution in [0.5, 0.6) is 5.75 Å². The highest BCUT2D eigenvalue weighted by molar-refractivity contribution is 5.85. The molecule has 0 aliphatic rings. The van der Waals surface area contributed by atoms with Crippen molar-refractivity contribution >= 4 is 22.6 Å². The van der Waals surface area contributed by atoms with Crippen molar-refractivity contribution in [1.82, 2.24) is 14.8 Å². The van der Waals surface area contributed by atoms with E-state index in [1.54, 1.807) is 19.3 Å². The number of hydrogen-bond acceptors (Lipinski definition) is 5. The maximum Gasteiger partial charge on any atom is 0.359 e. The van der Waals surface area contributed by atoms with E-state index >= 15 is 8.78 Å². The van der Waals surface area contributed by atoms with Gasteiger partial charge in [-0.15, -0.1) is 0 Å². The number of pyridine rings is 2. The molecule has 0 aliphatic carbocycles. The summed E-state index contributed by atoms with van der Waals surface area (Å²) in [6.07, 6.45) is 5.73. The van der Waals surface area contributed by atoms with E-state index in [0.717, 1.165) is 6.07 Å². The number of hydrogen-bond donors (Lipinski definition) is 2. The fraction of sp³-hybridized carbons (Fsp3) is 0.143. The number of ether oxygens (including phenoxy) is 1. The molecule has 0 amide bonds. The van der Waals surface area contributed by atoms with Gasteiger partial charge in [0.2, 0.25) is 0 Å². The van der Waals surface area contributed by atoms with Crippen LogP contribution in [-0.2, 0) is 13.0 Å². The normalized spacial score (nSPS) is 11.6. The summed E-state index contributed by atoms with van der Waals surface area (Å²) in [6, 6.07) is 6.50. The third-order valence-electron chi connectivity index (χ3n) is 4.89. The van der Waals surface area contributed by atoms with Crippen LogP contribution in [0.3, 0.4) is 0 Å². The number of nitrogen functional groups attached to an aromatic ring is 1. The summed E-state index contributed by atoms with van der Waals surface area (Å²) >= 11 is 0. The first kappa shape index (κ1) is 20.3. The summed E-state index contributed by atoms with van der Waals surface area (Å²) in [5, 5.41) is 12.6. The minimum atomic E-state index is -3.77. The lowest BCUT2D eigenvalue weighted by atomic mass is 10.0. The maximum absolute atomic E-state index is 15.3. The standard InChI is InChI=1S/C21H17F3N6O/c1-29-10-14(8-28-29)13-7-17(22)19(25)30(11-13)20(26)21(23,24)15-3-4-18-12(5-15)6-16(31-2)9-27-18/h3-11,25-26H,1-2H3/p+1. The number of nitrogens with zero attached hydrogens (tertiary/aromatic N) is 4. The summed E-state index contributed by atoms with van der Waals surface area (Å²) < 4.78 is 52.3. The van der Waals surface area contributed by atoms with Gasteiger partial charge in [0.05, 0.1) is 31.2 Å². The van der Waals surface area contributed by atoms with Gasteiger partial charge in [0.25, 0.3) is 5.82 Å². The van der Waals surface area contributed by atoms with Crippen LogP contribution in [0.4, 0.5) is 19.0 Å². The van der Waals surface area contributed by atoms with Gasteiger partial charge in [-0.2, -0.15) is 28.2 Å². The van der Waals surface area contributed by atoms with Crippen LogP contribution in [0.15, 0.2) is 55.1 Å². The minimum Gasteiger partial charge on any atom is -0.495 e. The molecule has 4 rings (SSSR count). The van der Waals surface area contributed by atoms with Crippen LogP contribution in [0, 0.1) is 11.2 Å². The Labute approximate surface area is 175 Å². The lowest BCUT2D eigenvalue weighted by Crippen LogP contribution is -2.53. The second kappa shape index (κ2) is 7.38. The molecule has 0 spiro atoms. The number of rotatable bonds is 4. The van der Waals surface area contributed by atoms with Crippen LogP contribution in [0.1, 0.15) is 5.56 Å². The van der Waals surface area contributed by atoms with Gasteiger partial charge >= 0.3 is 11.8 Å². The summed E-state index contributed by atoms with van der Waals surface area (Å²) in [5.41, 5.74) is 6.49. The molecule has 10 heteroatoms. The van der Waals surface area contributed by atoms with Crippen molar-refractivity contribution in [2.24, 2.45) is 7.05 Å². The predicted octanol–water partition coefficient (Wildman–Crippen LogP) is 3.27. The monoisotopic (exact) mass is 427 g/mol. The zero-order valence-corrected chi connectivity index (χ0v) is 16.6. The van der Waals surface area contributed by atoms with E-state index in [2.05, 4.69) is 10.1 Å². The first-order valence-corrected chi connectivity index (χ1v) is 9.12.